The van der Waals surface area contributed by atoms with Crippen molar-refractivity contribution in [2.75, 3.05) is 19.5 Å². The fourth-order valence-electron chi connectivity index (χ4n) is 2.62. The van der Waals surface area contributed by atoms with Crippen LogP contribution in [0.15, 0.2) is 48.0 Å². The molecule has 29 heavy (non-hydrogen) atoms. The van der Waals surface area contributed by atoms with Gasteiger partial charge in [-0.3, -0.25) is 9.59 Å². The van der Waals surface area contributed by atoms with Gasteiger partial charge in [-0.25, -0.2) is 0 Å². The van der Waals surface area contributed by atoms with Crippen LogP contribution in [-0.2, 0) is 9.59 Å². The highest BCUT2D eigenvalue weighted by molar-refractivity contribution is 6.10. The van der Waals surface area contributed by atoms with E-state index in [-0.39, 0.29) is 17.5 Å². The zero-order valence-corrected chi connectivity index (χ0v) is 16.1. The van der Waals surface area contributed by atoms with Gasteiger partial charge in [0.1, 0.15) is 17.4 Å². The fraction of sp³-hybridized carbons (Fsp3) is 0.227. The second-order valence-electron chi connectivity index (χ2n) is 6.43. The minimum atomic E-state index is -0.569. The average molecular weight is 392 g/mol. The van der Waals surface area contributed by atoms with E-state index in [2.05, 4.69) is 5.32 Å². The molecule has 1 aliphatic rings. The number of carbonyl (C=O) groups is 2. The normalized spacial score (nSPS) is 13.2. The summed E-state index contributed by atoms with van der Waals surface area (Å²) < 4.78 is 15.8. The van der Waals surface area contributed by atoms with Crippen LogP contribution in [0.25, 0.3) is 6.08 Å². The van der Waals surface area contributed by atoms with Crippen molar-refractivity contribution >= 4 is 23.6 Å². The number of carbonyl (C=O) groups excluding carboxylic acids is 2. The molecule has 1 aliphatic carbocycles. The highest BCUT2D eigenvalue weighted by Crippen LogP contribution is 2.34. The minimum absolute atomic E-state index is 0.0388. The predicted octanol–water partition coefficient (Wildman–Crippen LogP) is 3.56. The van der Waals surface area contributed by atoms with E-state index in [0.29, 0.717) is 28.5 Å². The largest absolute Gasteiger partial charge is 0.495 e. The number of hydrogen-bond acceptors (Lipinski definition) is 6. The monoisotopic (exact) mass is 392 g/mol. The summed E-state index contributed by atoms with van der Waals surface area (Å²) in [5.74, 6) is 0.249. The predicted molar refractivity (Wildman–Crippen MR) is 107 cm³/mol. The summed E-state index contributed by atoms with van der Waals surface area (Å²) in [5, 5.41) is 12.1. The molecule has 7 heteroatoms. The highest BCUT2D eigenvalue weighted by Gasteiger charge is 2.32. The lowest BCUT2D eigenvalue weighted by Crippen LogP contribution is -2.14. The molecule has 148 valence electrons. The van der Waals surface area contributed by atoms with Gasteiger partial charge in [-0.2, -0.15) is 5.26 Å². The van der Waals surface area contributed by atoms with Gasteiger partial charge in [0.25, 0.3) is 5.91 Å². The number of nitriles is 1. The summed E-state index contributed by atoms with van der Waals surface area (Å²) in [6, 6.07) is 13.6. The lowest BCUT2D eigenvalue weighted by Gasteiger charge is -2.10. The maximum absolute atomic E-state index is 12.5. The van der Waals surface area contributed by atoms with Crippen LogP contribution in [0.4, 0.5) is 5.69 Å². The third-order valence-corrected chi connectivity index (χ3v) is 4.34. The second kappa shape index (κ2) is 8.93. The Kier molecular flexibility index (Phi) is 6.15. The van der Waals surface area contributed by atoms with Crippen molar-refractivity contribution < 1.29 is 23.8 Å². The molecule has 0 bridgehead atoms. The molecule has 2 aromatic carbocycles. The SMILES string of the molecule is COc1ccccc1NC(=O)/C(C#N)=C/c1ccc(OC(=O)C2CC2)c(OC)c1. The molecule has 7 nitrogen and oxygen atoms in total. The molecule has 1 saturated carbocycles. The lowest BCUT2D eigenvalue weighted by atomic mass is 10.1. The topological polar surface area (TPSA) is 97.6 Å². The average Bonchev–Trinajstić information content (AvgIpc) is 3.58. The molecule has 3 rings (SSSR count). The Labute approximate surface area is 168 Å². The van der Waals surface area contributed by atoms with Crippen molar-refractivity contribution in [3.63, 3.8) is 0 Å². The first-order valence-corrected chi connectivity index (χ1v) is 9.01. The van der Waals surface area contributed by atoms with Gasteiger partial charge in [0.15, 0.2) is 11.5 Å². The third kappa shape index (κ3) is 4.93. The molecule has 0 atom stereocenters. The number of ether oxygens (including phenoxy) is 3. The zero-order valence-electron chi connectivity index (χ0n) is 16.1. The molecule has 1 amide bonds. The Morgan fingerprint density at radius 3 is 2.45 bits per heavy atom. The number of amides is 1. The summed E-state index contributed by atoms with van der Waals surface area (Å²) in [6.45, 7) is 0. The van der Waals surface area contributed by atoms with Gasteiger partial charge in [-0.05, 0) is 48.7 Å². The van der Waals surface area contributed by atoms with Crippen molar-refractivity contribution in [1.82, 2.24) is 0 Å². The van der Waals surface area contributed by atoms with E-state index in [4.69, 9.17) is 14.2 Å². The van der Waals surface area contributed by atoms with Crippen molar-refractivity contribution in [3.8, 4) is 23.3 Å². The molecule has 0 radical (unpaired) electrons. The standard InChI is InChI=1S/C22H20N2O5/c1-27-18-6-4-3-5-17(18)24-21(25)16(13-23)11-14-7-10-19(20(12-14)28-2)29-22(26)15-8-9-15/h3-7,10-12,15H,8-9H2,1-2H3,(H,24,25)/b16-11+. The van der Waals surface area contributed by atoms with E-state index in [1.54, 1.807) is 42.5 Å². The molecule has 2 aromatic rings. The van der Waals surface area contributed by atoms with Crippen LogP contribution in [0.2, 0.25) is 0 Å². The van der Waals surface area contributed by atoms with Gasteiger partial charge in [-0.15, -0.1) is 0 Å². The first kappa shape index (κ1) is 20.0. The number of para-hydroxylation sites is 2. The molecule has 1 N–H and O–H groups in total. The smallest absolute Gasteiger partial charge is 0.314 e. The van der Waals surface area contributed by atoms with E-state index in [0.717, 1.165) is 12.8 Å². The Balaban J connectivity index is 1.79. The molecule has 1 fully saturated rings. The van der Waals surface area contributed by atoms with E-state index >= 15 is 0 Å². The van der Waals surface area contributed by atoms with Crippen LogP contribution in [0, 0.1) is 17.2 Å². The van der Waals surface area contributed by atoms with E-state index in [1.165, 1.54) is 20.3 Å². The van der Waals surface area contributed by atoms with Gasteiger partial charge < -0.3 is 19.5 Å². The number of methoxy groups -OCH3 is 2. The van der Waals surface area contributed by atoms with E-state index in [9.17, 15) is 14.9 Å². The second-order valence-corrected chi connectivity index (χ2v) is 6.43. The third-order valence-electron chi connectivity index (χ3n) is 4.34. The zero-order chi connectivity index (χ0) is 20.8. The Hall–Kier alpha value is -3.79. The molecule has 0 aliphatic heterocycles. The van der Waals surface area contributed by atoms with Crippen LogP contribution in [0.3, 0.4) is 0 Å². The lowest BCUT2D eigenvalue weighted by molar-refractivity contribution is -0.135. The molecule has 0 aromatic heterocycles. The Morgan fingerprint density at radius 2 is 1.79 bits per heavy atom. The summed E-state index contributed by atoms with van der Waals surface area (Å²) in [5.41, 5.74) is 0.918. The maximum Gasteiger partial charge on any atom is 0.314 e. The molecular formula is C22H20N2O5. The first-order chi connectivity index (χ1) is 14.0. The van der Waals surface area contributed by atoms with Gasteiger partial charge in [0.2, 0.25) is 0 Å². The maximum atomic E-state index is 12.5. The molecule has 0 spiro atoms. The van der Waals surface area contributed by atoms with Crippen molar-refractivity contribution in [2.45, 2.75) is 12.8 Å². The number of nitrogens with zero attached hydrogens (tertiary/aromatic N) is 1. The van der Waals surface area contributed by atoms with Crippen LogP contribution in [0.1, 0.15) is 18.4 Å². The van der Waals surface area contributed by atoms with Crippen molar-refractivity contribution in [3.05, 3.63) is 53.6 Å². The van der Waals surface area contributed by atoms with E-state index in [1.807, 2.05) is 6.07 Å². The number of rotatable bonds is 7. The Morgan fingerprint density at radius 1 is 1.07 bits per heavy atom. The summed E-state index contributed by atoms with van der Waals surface area (Å²) >= 11 is 0. The van der Waals surface area contributed by atoms with Gasteiger partial charge in [0, 0.05) is 0 Å². The van der Waals surface area contributed by atoms with Crippen LogP contribution in [0.5, 0.6) is 17.2 Å². The number of esters is 1. The number of anilines is 1. The van der Waals surface area contributed by atoms with Gasteiger partial charge in [0.05, 0.1) is 25.8 Å². The molecule has 0 saturated heterocycles. The molecule has 0 heterocycles. The fourth-order valence-corrected chi connectivity index (χ4v) is 2.62. The van der Waals surface area contributed by atoms with Crippen LogP contribution in [-0.4, -0.2) is 26.1 Å². The van der Waals surface area contributed by atoms with Gasteiger partial charge >= 0.3 is 5.97 Å². The van der Waals surface area contributed by atoms with Crippen LogP contribution < -0.4 is 19.5 Å². The van der Waals surface area contributed by atoms with E-state index < -0.39 is 5.91 Å². The van der Waals surface area contributed by atoms with Crippen molar-refractivity contribution in [1.29, 1.82) is 5.26 Å². The Bertz CT molecular complexity index is 1000. The van der Waals surface area contributed by atoms with Crippen LogP contribution >= 0.6 is 0 Å². The number of benzene rings is 2. The highest BCUT2D eigenvalue weighted by atomic mass is 16.6. The quantitative estimate of drug-likeness (QED) is 0.335. The summed E-state index contributed by atoms with van der Waals surface area (Å²) in [4.78, 5) is 24.4. The number of hydrogen-bond donors (Lipinski definition) is 1. The summed E-state index contributed by atoms with van der Waals surface area (Å²) in [7, 11) is 2.95. The van der Waals surface area contributed by atoms with Gasteiger partial charge in [-0.1, -0.05) is 18.2 Å². The minimum Gasteiger partial charge on any atom is -0.495 e. The van der Waals surface area contributed by atoms with Crippen molar-refractivity contribution in [2.24, 2.45) is 5.92 Å². The molecular weight excluding hydrogens is 372 g/mol. The molecule has 0 unspecified atom stereocenters. The summed E-state index contributed by atoms with van der Waals surface area (Å²) in [6.07, 6.45) is 3.11. The first-order valence-electron chi connectivity index (χ1n) is 9.01. The number of nitrogens with one attached hydrogen (secondary N) is 1.